The molecule has 0 unspecified atom stereocenters. The normalized spacial score (nSPS) is 17.1. The number of hydrogen-bond acceptors (Lipinski definition) is 5. The molecule has 1 aliphatic rings. The van der Waals surface area contributed by atoms with Crippen molar-refractivity contribution in [3.8, 4) is 0 Å². The molecule has 0 spiro atoms. The van der Waals surface area contributed by atoms with Crippen molar-refractivity contribution in [2.24, 2.45) is 0 Å². The van der Waals surface area contributed by atoms with Crippen LogP contribution >= 0.6 is 0 Å². The Labute approximate surface area is 93.6 Å². The van der Waals surface area contributed by atoms with Crippen molar-refractivity contribution in [2.45, 2.75) is 32.3 Å². The quantitative estimate of drug-likeness (QED) is 0.722. The van der Waals surface area contributed by atoms with Crippen molar-refractivity contribution >= 4 is 6.09 Å². The van der Waals surface area contributed by atoms with Gasteiger partial charge in [-0.1, -0.05) is 0 Å². The maximum atomic E-state index is 11.6. The van der Waals surface area contributed by atoms with Gasteiger partial charge in [0.05, 0.1) is 5.92 Å². The van der Waals surface area contributed by atoms with E-state index in [-0.39, 0.29) is 12.0 Å². The van der Waals surface area contributed by atoms with Crippen LogP contribution in [-0.2, 0) is 4.74 Å². The van der Waals surface area contributed by atoms with Gasteiger partial charge in [-0.15, -0.1) is 10.2 Å². The summed E-state index contributed by atoms with van der Waals surface area (Å²) in [5.41, 5.74) is -0.452. The van der Waals surface area contributed by atoms with Gasteiger partial charge in [0, 0.05) is 13.1 Å². The predicted molar refractivity (Wildman–Crippen MR) is 54.8 cm³/mol. The van der Waals surface area contributed by atoms with Crippen LogP contribution in [0.4, 0.5) is 4.79 Å². The maximum absolute atomic E-state index is 11.6. The zero-order valence-corrected chi connectivity index (χ0v) is 9.64. The fourth-order valence-electron chi connectivity index (χ4n) is 1.47. The molecule has 6 nitrogen and oxygen atoms in total. The Balaban J connectivity index is 1.82. The number of likely N-dealkylation sites (tertiary alicyclic amines) is 1. The summed E-state index contributed by atoms with van der Waals surface area (Å²) in [4.78, 5) is 13.2. The summed E-state index contributed by atoms with van der Waals surface area (Å²) < 4.78 is 10.3. The highest BCUT2D eigenvalue weighted by atomic mass is 16.6. The second-order valence-corrected chi connectivity index (χ2v) is 4.86. The van der Waals surface area contributed by atoms with Crippen LogP contribution in [0.3, 0.4) is 0 Å². The topological polar surface area (TPSA) is 68.5 Å². The number of amides is 1. The fraction of sp³-hybridized carbons (Fsp3) is 0.700. The first kappa shape index (κ1) is 10.9. The highest BCUT2D eigenvalue weighted by Gasteiger charge is 2.37. The highest BCUT2D eigenvalue weighted by molar-refractivity contribution is 5.69. The van der Waals surface area contributed by atoms with Crippen molar-refractivity contribution < 1.29 is 13.9 Å². The number of aromatic nitrogens is 2. The average molecular weight is 225 g/mol. The van der Waals surface area contributed by atoms with Gasteiger partial charge >= 0.3 is 6.09 Å². The summed E-state index contributed by atoms with van der Waals surface area (Å²) in [5.74, 6) is 0.731. The van der Waals surface area contributed by atoms with E-state index in [0.29, 0.717) is 19.0 Å². The third-order valence-electron chi connectivity index (χ3n) is 2.26. The predicted octanol–water partition coefficient (Wildman–Crippen LogP) is 1.40. The molecule has 2 heterocycles. The molecule has 1 aromatic rings. The van der Waals surface area contributed by atoms with Gasteiger partial charge in [-0.2, -0.15) is 0 Å². The van der Waals surface area contributed by atoms with E-state index >= 15 is 0 Å². The molecule has 16 heavy (non-hydrogen) atoms. The first-order valence-corrected chi connectivity index (χ1v) is 5.20. The SMILES string of the molecule is CC(C)(C)OC(=O)N1CC(c2nnco2)C1. The molecule has 1 saturated heterocycles. The number of nitrogens with zero attached hydrogens (tertiary/aromatic N) is 3. The van der Waals surface area contributed by atoms with Gasteiger partial charge in [0.1, 0.15) is 5.60 Å². The van der Waals surface area contributed by atoms with Crippen LogP contribution in [0.15, 0.2) is 10.8 Å². The molecule has 1 aliphatic heterocycles. The molecule has 1 amide bonds. The molecule has 1 aromatic heterocycles. The fourth-order valence-corrected chi connectivity index (χ4v) is 1.47. The van der Waals surface area contributed by atoms with E-state index in [9.17, 15) is 4.79 Å². The van der Waals surface area contributed by atoms with Crippen LogP contribution < -0.4 is 0 Å². The lowest BCUT2D eigenvalue weighted by Crippen LogP contribution is -2.50. The molecule has 0 saturated carbocycles. The molecular weight excluding hydrogens is 210 g/mol. The van der Waals surface area contributed by atoms with Gasteiger partial charge in [0.2, 0.25) is 12.3 Å². The number of carbonyl (C=O) groups excluding carboxylic acids is 1. The van der Waals surface area contributed by atoms with Crippen LogP contribution in [0.5, 0.6) is 0 Å². The van der Waals surface area contributed by atoms with Crippen LogP contribution in [0, 0.1) is 0 Å². The van der Waals surface area contributed by atoms with Gasteiger partial charge in [-0.25, -0.2) is 4.79 Å². The van der Waals surface area contributed by atoms with Crippen molar-refractivity contribution in [1.82, 2.24) is 15.1 Å². The Morgan fingerprint density at radius 1 is 1.56 bits per heavy atom. The van der Waals surface area contributed by atoms with Crippen molar-refractivity contribution in [3.05, 3.63) is 12.3 Å². The molecule has 2 rings (SSSR count). The van der Waals surface area contributed by atoms with Gasteiger partial charge < -0.3 is 14.1 Å². The lowest BCUT2D eigenvalue weighted by atomic mass is 10.0. The van der Waals surface area contributed by atoms with Gasteiger partial charge in [0.15, 0.2) is 0 Å². The van der Waals surface area contributed by atoms with Crippen LogP contribution in [0.25, 0.3) is 0 Å². The highest BCUT2D eigenvalue weighted by Crippen LogP contribution is 2.26. The standard InChI is InChI=1S/C10H15N3O3/c1-10(2,3)16-9(14)13-4-7(5-13)8-12-11-6-15-8/h6-7H,4-5H2,1-3H3. The largest absolute Gasteiger partial charge is 0.444 e. The molecule has 0 radical (unpaired) electrons. The Morgan fingerprint density at radius 3 is 2.75 bits per heavy atom. The summed E-state index contributed by atoms with van der Waals surface area (Å²) >= 11 is 0. The monoisotopic (exact) mass is 225 g/mol. The number of hydrogen-bond donors (Lipinski definition) is 0. The minimum atomic E-state index is -0.452. The smallest absolute Gasteiger partial charge is 0.410 e. The summed E-state index contributed by atoms with van der Waals surface area (Å²) in [6.45, 7) is 6.70. The summed E-state index contributed by atoms with van der Waals surface area (Å²) in [6.07, 6.45) is 1.01. The lowest BCUT2D eigenvalue weighted by Gasteiger charge is -2.37. The summed E-state index contributed by atoms with van der Waals surface area (Å²) in [5, 5.41) is 7.41. The second-order valence-electron chi connectivity index (χ2n) is 4.86. The third kappa shape index (κ3) is 2.32. The van der Waals surface area contributed by atoms with Crippen molar-refractivity contribution in [1.29, 1.82) is 0 Å². The first-order chi connectivity index (χ1) is 7.46. The zero-order valence-electron chi connectivity index (χ0n) is 9.64. The van der Waals surface area contributed by atoms with Gasteiger partial charge in [0.25, 0.3) is 0 Å². The van der Waals surface area contributed by atoms with Crippen molar-refractivity contribution in [2.75, 3.05) is 13.1 Å². The Hall–Kier alpha value is -1.59. The van der Waals surface area contributed by atoms with E-state index in [2.05, 4.69) is 10.2 Å². The van der Waals surface area contributed by atoms with Crippen LogP contribution in [-0.4, -0.2) is 39.9 Å². The van der Waals surface area contributed by atoms with E-state index in [1.165, 1.54) is 6.39 Å². The minimum absolute atomic E-state index is 0.148. The molecule has 0 N–H and O–H groups in total. The molecule has 0 atom stereocenters. The molecule has 88 valence electrons. The van der Waals surface area contributed by atoms with E-state index in [4.69, 9.17) is 9.15 Å². The van der Waals surface area contributed by atoms with Crippen LogP contribution in [0.2, 0.25) is 0 Å². The molecule has 0 aromatic carbocycles. The Morgan fingerprint density at radius 2 is 2.25 bits per heavy atom. The lowest BCUT2D eigenvalue weighted by molar-refractivity contribution is 0.00605. The van der Waals surface area contributed by atoms with E-state index in [0.717, 1.165) is 0 Å². The second kappa shape index (κ2) is 3.77. The van der Waals surface area contributed by atoms with E-state index in [1.54, 1.807) is 4.90 Å². The van der Waals surface area contributed by atoms with E-state index in [1.807, 2.05) is 20.8 Å². The van der Waals surface area contributed by atoms with Crippen molar-refractivity contribution in [3.63, 3.8) is 0 Å². The number of ether oxygens (including phenoxy) is 1. The molecular formula is C10H15N3O3. The minimum Gasteiger partial charge on any atom is -0.444 e. The third-order valence-corrected chi connectivity index (χ3v) is 2.26. The maximum Gasteiger partial charge on any atom is 0.410 e. The average Bonchev–Trinajstić information content (AvgIpc) is 2.49. The Bertz CT molecular complexity index is 363. The number of carbonyl (C=O) groups is 1. The first-order valence-electron chi connectivity index (χ1n) is 5.20. The van der Waals surface area contributed by atoms with E-state index < -0.39 is 5.60 Å². The van der Waals surface area contributed by atoms with Crippen LogP contribution in [0.1, 0.15) is 32.6 Å². The molecule has 6 heteroatoms. The summed E-state index contributed by atoms with van der Waals surface area (Å²) in [6, 6.07) is 0. The summed E-state index contributed by atoms with van der Waals surface area (Å²) in [7, 11) is 0. The molecule has 0 bridgehead atoms. The molecule has 0 aliphatic carbocycles. The Kier molecular flexibility index (Phi) is 2.57. The zero-order chi connectivity index (χ0) is 11.8. The number of rotatable bonds is 1. The van der Waals surface area contributed by atoms with Gasteiger partial charge in [-0.05, 0) is 20.8 Å². The van der Waals surface area contributed by atoms with Gasteiger partial charge in [-0.3, -0.25) is 0 Å². The molecule has 1 fully saturated rings.